The molecule has 0 saturated heterocycles. The predicted molar refractivity (Wildman–Crippen MR) is 121 cm³/mol. The summed E-state index contributed by atoms with van der Waals surface area (Å²) in [6, 6.07) is 17.1. The average Bonchev–Trinajstić information content (AvgIpc) is 3.32. The van der Waals surface area contributed by atoms with Gasteiger partial charge in [-0.3, -0.25) is 14.8 Å². The lowest BCUT2D eigenvalue weighted by atomic mass is 10.0. The number of nitrogens with one attached hydrogen (secondary N) is 1. The molecule has 4 aromatic heterocycles. The number of amides is 1. The van der Waals surface area contributed by atoms with E-state index in [1.807, 2.05) is 60.0 Å². The number of carbonyl (C=O) groups is 1. The molecule has 5 aromatic rings. The Morgan fingerprint density at radius 1 is 0.871 bits per heavy atom. The van der Waals surface area contributed by atoms with E-state index in [2.05, 4.69) is 20.3 Å². The number of hydrogen-bond donors (Lipinski definition) is 1. The van der Waals surface area contributed by atoms with Gasteiger partial charge in [0.25, 0.3) is 5.91 Å². The van der Waals surface area contributed by atoms with E-state index in [0.717, 1.165) is 32.7 Å². The number of thiazole rings is 1. The molecule has 0 aliphatic rings. The monoisotopic (exact) mass is 423 g/mol. The molecule has 1 N–H and O–H groups in total. The Morgan fingerprint density at radius 3 is 2.58 bits per heavy atom. The Morgan fingerprint density at radius 2 is 1.74 bits per heavy atom. The molecule has 1 aromatic carbocycles. The Labute approximate surface area is 182 Å². The van der Waals surface area contributed by atoms with Gasteiger partial charge in [0.05, 0.1) is 29.0 Å². The van der Waals surface area contributed by atoms with Gasteiger partial charge < -0.3 is 5.32 Å². The lowest BCUT2D eigenvalue weighted by molar-refractivity contribution is 0.0952. The van der Waals surface area contributed by atoms with Crippen molar-refractivity contribution in [2.45, 2.75) is 6.54 Å². The highest BCUT2D eigenvalue weighted by atomic mass is 32.1. The number of nitrogens with zero attached hydrogens (tertiary/aromatic N) is 4. The topological polar surface area (TPSA) is 80.7 Å². The van der Waals surface area contributed by atoms with Crippen LogP contribution in [0.1, 0.15) is 15.4 Å². The highest BCUT2D eigenvalue weighted by Crippen LogP contribution is 2.25. The lowest BCUT2D eigenvalue weighted by Gasteiger charge is -2.10. The van der Waals surface area contributed by atoms with Gasteiger partial charge in [0, 0.05) is 46.7 Å². The van der Waals surface area contributed by atoms with Crippen molar-refractivity contribution in [3.63, 3.8) is 0 Å². The van der Waals surface area contributed by atoms with Crippen molar-refractivity contribution in [2.75, 3.05) is 0 Å². The zero-order valence-electron chi connectivity index (χ0n) is 16.4. The van der Waals surface area contributed by atoms with Crippen LogP contribution < -0.4 is 5.32 Å². The first-order valence-corrected chi connectivity index (χ1v) is 10.6. The van der Waals surface area contributed by atoms with Gasteiger partial charge in [-0.25, -0.2) is 9.97 Å². The summed E-state index contributed by atoms with van der Waals surface area (Å²) in [5, 5.41) is 6.64. The third-order valence-corrected chi connectivity index (χ3v) is 5.69. The molecule has 0 radical (unpaired) electrons. The summed E-state index contributed by atoms with van der Waals surface area (Å²) < 4.78 is 0. The molecule has 31 heavy (non-hydrogen) atoms. The Kier molecular flexibility index (Phi) is 5.16. The number of fused-ring (bicyclic) bond motifs is 1. The molecular weight excluding hydrogens is 406 g/mol. The molecule has 7 heteroatoms. The van der Waals surface area contributed by atoms with Gasteiger partial charge in [0.1, 0.15) is 5.01 Å². The van der Waals surface area contributed by atoms with E-state index >= 15 is 0 Å². The fourth-order valence-corrected chi connectivity index (χ4v) is 4.07. The first-order valence-electron chi connectivity index (χ1n) is 9.71. The van der Waals surface area contributed by atoms with Gasteiger partial charge in [-0.1, -0.05) is 18.2 Å². The Hall–Kier alpha value is -3.97. The molecule has 1 amide bonds. The van der Waals surface area contributed by atoms with Crippen LogP contribution in [0.25, 0.3) is 33.4 Å². The molecule has 0 fully saturated rings. The summed E-state index contributed by atoms with van der Waals surface area (Å²) in [5.74, 6) is -0.163. The van der Waals surface area contributed by atoms with E-state index in [1.54, 1.807) is 24.8 Å². The molecule has 0 aliphatic carbocycles. The van der Waals surface area contributed by atoms with Crippen molar-refractivity contribution in [3.8, 4) is 22.5 Å². The fraction of sp³-hybridized carbons (Fsp3) is 0.0417. The van der Waals surface area contributed by atoms with Crippen LogP contribution in [0.2, 0.25) is 0 Å². The van der Waals surface area contributed by atoms with Crippen molar-refractivity contribution in [3.05, 3.63) is 95.3 Å². The van der Waals surface area contributed by atoms with E-state index in [1.165, 1.54) is 11.3 Å². The maximum atomic E-state index is 13.1. The van der Waals surface area contributed by atoms with Crippen LogP contribution in [-0.4, -0.2) is 25.8 Å². The number of benzene rings is 1. The molecule has 150 valence electrons. The number of para-hydroxylation sites is 1. The summed E-state index contributed by atoms with van der Waals surface area (Å²) in [6.45, 7) is 0.355. The van der Waals surface area contributed by atoms with E-state index in [0.29, 0.717) is 17.8 Å². The third kappa shape index (κ3) is 4.04. The molecule has 0 saturated carbocycles. The summed E-state index contributed by atoms with van der Waals surface area (Å²) in [6.07, 6.45) is 6.94. The van der Waals surface area contributed by atoms with E-state index in [-0.39, 0.29) is 5.91 Å². The van der Waals surface area contributed by atoms with E-state index < -0.39 is 0 Å². The number of rotatable bonds is 5. The maximum Gasteiger partial charge on any atom is 0.252 e. The molecule has 0 aliphatic heterocycles. The second-order valence-electron chi connectivity index (χ2n) is 6.86. The normalized spacial score (nSPS) is 10.8. The van der Waals surface area contributed by atoms with Crippen molar-refractivity contribution < 1.29 is 4.79 Å². The van der Waals surface area contributed by atoms with Crippen molar-refractivity contribution in [2.24, 2.45) is 0 Å². The van der Waals surface area contributed by atoms with Crippen molar-refractivity contribution in [1.29, 1.82) is 0 Å². The van der Waals surface area contributed by atoms with Gasteiger partial charge in [-0.15, -0.1) is 11.3 Å². The second kappa shape index (κ2) is 8.41. The van der Waals surface area contributed by atoms with Crippen LogP contribution >= 0.6 is 11.3 Å². The first kappa shape index (κ1) is 19.0. The maximum absolute atomic E-state index is 13.1. The SMILES string of the molecule is O=C(NCc1nc(-c2ccncc2)cs1)c1cc(-c2cccnc2)nc2ccccc12. The standard InChI is InChI=1S/C24H17N5OS/c30-24(27-14-23-29-22(15-31-23)16-7-10-25-11-8-16)19-12-21(17-4-3-9-26-13-17)28-20-6-2-1-5-18(19)20/h1-13,15H,14H2,(H,27,30). The minimum atomic E-state index is -0.163. The third-order valence-electron chi connectivity index (χ3n) is 4.85. The zero-order chi connectivity index (χ0) is 21.0. The molecule has 0 unspecified atom stereocenters. The van der Waals surface area contributed by atoms with Gasteiger partial charge in [0.2, 0.25) is 0 Å². The van der Waals surface area contributed by atoms with Gasteiger partial charge in [0.15, 0.2) is 0 Å². The number of carbonyl (C=O) groups excluding carboxylic acids is 1. The van der Waals surface area contributed by atoms with Crippen molar-refractivity contribution >= 4 is 28.1 Å². The summed E-state index contributed by atoms with van der Waals surface area (Å²) >= 11 is 1.52. The smallest absolute Gasteiger partial charge is 0.252 e. The van der Waals surface area contributed by atoms with Crippen LogP contribution in [-0.2, 0) is 6.54 Å². The minimum absolute atomic E-state index is 0.163. The molecule has 6 nitrogen and oxygen atoms in total. The average molecular weight is 424 g/mol. The van der Waals surface area contributed by atoms with Crippen LogP contribution in [0, 0.1) is 0 Å². The molecule has 5 rings (SSSR count). The second-order valence-corrected chi connectivity index (χ2v) is 7.80. The first-order chi connectivity index (χ1) is 15.3. The largest absolute Gasteiger partial charge is 0.346 e. The summed E-state index contributed by atoms with van der Waals surface area (Å²) in [5.41, 5.74) is 4.81. The number of hydrogen-bond acceptors (Lipinski definition) is 6. The van der Waals surface area contributed by atoms with Crippen LogP contribution in [0.3, 0.4) is 0 Å². The van der Waals surface area contributed by atoms with Crippen molar-refractivity contribution in [1.82, 2.24) is 25.3 Å². The zero-order valence-corrected chi connectivity index (χ0v) is 17.2. The number of pyridine rings is 3. The highest BCUT2D eigenvalue weighted by molar-refractivity contribution is 7.09. The summed E-state index contributed by atoms with van der Waals surface area (Å²) in [4.78, 5) is 30.6. The fourth-order valence-electron chi connectivity index (χ4n) is 3.32. The van der Waals surface area contributed by atoms with E-state index in [4.69, 9.17) is 4.98 Å². The van der Waals surface area contributed by atoms with Crippen LogP contribution in [0.15, 0.2) is 84.8 Å². The van der Waals surface area contributed by atoms with Crippen LogP contribution in [0.4, 0.5) is 0 Å². The Balaban J connectivity index is 1.41. The lowest BCUT2D eigenvalue weighted by Crippen LogP contribution is -2.23. The Bertz CT molecular complexity index is 1350. The minimum Gasteiger partial charge on any atom is -0.346 e. The van der Waals surface area contributed by atoms with Gasteiger partial charge in [-0.05, 0) is 36.4 Å². The molecule has 0 bridgehead atoms. The molecule has 0 atom stereocenters. The molecule has 4 heterocycles. The van der Waals surface area contributed by atoms with Gasteiger partial charge >= 0.3 is 0 Å². The quantitative estimate of drug-likeness (QED) is 0.441. The predicted octanol–water partition coefficient (Wildman–Crippen LogP) is 4.75. The van der Waals surface area contributed by atoms with Crippen LogP contribution in [0.5, 0.6) is 0 Å². The molecule has 0 spiro atoms. The van der Waals surface area contributed by atoms with Gasteiger partial charge in [-0.2, -0.15) is 0 Å². The highest BCUT2D eigenvalue weighted by Gasteiger charge is 2.15. The molecular formula is C24H17N5OS. The number of aromatic nitrogens is 4. The van der Waals surface area contributed by atoms with E-state index in [9.17, 15) is 4.79 Å². The summed E-state index contributed by atoms with van der Waals surface area (Å²) in [7, 11) is 0.